The first-order valence-corrected chi connectivity index (χ1v) is 7.30. The van der Waals surface area contributed by atoms with Crippen molar-refractivity contribution in [2.45, 2.75) is 26.7 Å². The number of nitrogens with zero attached hydrogens (tertiary/aromatic N) is 1. The second-order valence-electron chi connectivity index (χ2n) is 5.64. The fourth-order valence-electron chi connectivity index (χ4n) is 2.60. The summed E-state index contributed by atoms with van der Waals surface area (Å²) in [5.74, 6) is -1.05. The van der Waals surface area contributed by atoms with Crippen molar-refractivity contribution in [3.8, 4) is 0 Å². The van der Waals surface area contributed by atoms with Crippen LogP contribution < -0.4 is 5.32 Å². The van der Waals surface area contributed by atoms with Gasteiger partial charge in [0.1, 0.15) is 0 Å². The second kappa shape index (κ2) is 6.72. The topological polar surface area (TPSA) is 69.6 Å². The van der Waals surface area contributed by atoms with Gasteiger partial charge in [0.2, 0.25) is 0 Å². The molecule has 0 radical (unpaired) electrons. The normalized spacial score (nSPS) is 18.4. The van der Waals surface area contributed by atoms with Crippen LogP contribution in [0.1, 0.15) is 24.0 Å². The molecule has 1 unspecified atom stereocenters. The van der Waals surface area contributed by atoms with E-state index in [1.807, 2.05) is 26.0 Å². The Morgan fingerprint density at radius 1 is 1.38 bits per heavy atom. The quantitative estimate of drug-likeness (QED) is 0.810. The monoisotopic (exact) mass is 290 g/mol. The van der Waals surface area contributed by atoms with Crippen LogP contribution in [0.15, 0.2) is 18.2 Å². The van der Waals surface area contributed by atoms with Gasteiger partial charge in [-0.1, -0.05) is 12.1 Å². The third-order valence-corrected chi connectivity index (χ3v) is 4.11. The number of carbonyl (C=O) groups excluding carboxylic acids is 2. The lowest BCUT2D eigenvalue weighted by molar-refractivity contribution is -0.144. The van der Waals surface area contributed by atoms with Crippen LogP contribution in [-0.4, -0.2) is 41.5 Å². The molecule has 2 rings (SSSR count). The van der Waals surface area contributed by atoms with Crippen LogP contribution in [0.4, 0.5) is 5.69 Å². The largest absolute Gasteiger partial charge is 0.396 e. The van der Waals surface area contributed by atoms with E-state index in [1.54, 1.807) is 6.07 Å². The second-order valence-corrected chi connectivity index (χ2v) is 5.64. The lowest BCUT2D eigenvalue weighted by Crippen LogP contribution is -2.45. The number of benzene rings is 1. The summed E-state index contributed by atoms with van der Waals surface area (Å²) in [5, 5.41) is 11.9. The molecule has 21 heavy (non-hydrogen) atoms. The van der Waals surface area contributed by atoms with Gasteiger partial charge in [-0.2, -0.15) is 0 Å². The highest BCUT2D eigenvalue weighted by molar-refractivity contribution is 6.39. The van der Waals surface area contributed by atoms with Gasteiger partial charge in [-0.3, -0.25) is 9.59 Å². The number of piperidine rings is 1. The molecule has 5 nitrogen and oxygen atoms in total. The van der Waals surface area contributed by atoms with Crippen LogP contribution in [0, 0.1) is 19.8 Å². The van der Waals surface area contributed by atoms with Gasteiger partial charge in [0, 0.05) is 25.4 Å². The minimum absolute atomic E-state index is 0.0579. The van der Waals surface area contributed by atoms with Crippen molar-refractivity contribution in [1.29, 1.82) is 0 Å². The third kappa shape index (κ3) is 3.61. The lowest BCUT2D eigenvalue weighted by atomic mass is 9.99. The predicted molar refractivity (Wildman–Crippen MR) is 80.9 cm³/mol. The number of anilines is 1. The van der Waals surface area contributed by atoms with E-state index < -0.39 is 11.8 Å². The van der Waals surface area contributed by atoms with Crippen molar-refractivity contribution in [2.24, 2.45) is 5.92 Å². The molecule has 2 amide bonds. The highest BCUT2D eigenvalue weighted by Gasteiger charge is 2.27. The molecule has 114 valence electrons. The number of rotatable bonds is 2. The number of hydrogen-bond donors (Lipinski definition) is 2. The Hall–Kier alpha value is -1.88. The highest BCUT2D eigenvalue weighted by atomic mass is 16.3. The number of carbonyl (C=O) groups is 2. The minimum Gasteiger partial charge on any atom is -0.396 e. The predicted octanol–water partition coefficient (Wildman–Crippen LogP) is 1.47. The SMILES string of the molecule is Cc1cccc(NC(=O)C(=O)N2CCCC(CO)C2)c1C. The van der Waals surface area contributed by atoms with Gasteiger partial charge in [0.05, 0.1) is 0 Å². The van der Waals surface area contributed by atoms with E-state index in [4.69, 9.17) is 0 Å². The molecule has 0 bridgehead atoms. The molecule has 1 aromatic carbocycles. The van der Waals surface area contributed by atoms with Gasteiger partial charge < -0.3 is 15.3 Å². The molecule has 1 atom stereocenters. The Balaban J connectivity index is 2.02. The number of hydrogen-bond acceptors (Lipinski definition) is 3. The van der Waals surface area contributed by atoms with Crippen molar-refractivity contribution in [2.75, 3.05) is 25.0 Å². The summed E-state index contributed by atoms with van der Waals surface area (Å²) in [4.78, 5) is 25.8. The maximum absolute atomic E-state index is 12.2. The average Bonchev–Trinajstić information content (AvgIpc) is 2.51. The average molecular weight is 290 g/mol. The van der Waals surface area contributed by atoms with Gasteiger partial charge >= 0.3 is 11.8 Å². The van der Waals surface area contributed by atoms with Crippen molar-refractivity contribution in [3.05, 3.63) is 29.3 Å². The molecule has 1 saturated heterocycles. The lowest BCUT2D eigenvalue weighted by Gasteiger charge is -2.31. The molecule has 0 aliphatic carbocycles. The van der Waals surface area contributed by atoms with E-state index in [1.165, 1.54) is 4.90 Å². The Kier molecular flexibility index (Phi) is 4.96. The number of likely N-dealkylation sites (tertiary alicyclic amines) is 1. The maximum atomic E-state index is 12.2. The van der Waals surface area contributed by atoms with Crippen molar-refractivity contribution >= 4 is 17.5 Å². The molecule has 0 saturated carbocycles. The summed E-state index contributed by atoms with van der Waals surface area (Å²) in [6.07, 6.45) is 1.73. The van der Waals surface area contributed by atoms with Gasteiger partial charge in [0.15, 0.2) is 0 Å². The van der Waals surface area contributed by atoms with Crippen LogP contribution in [0.25, 0.3) is 0 Å². The first-order valence-electron chi connectivity index (χ1n) is 7.30. The summed E-state index contributed by atoms with van der Waals surface area (Å²) < 4.78 is 0. The maximum Gasteiger partial charge on any atom is 0.313 e. The van der Waals surface area contributed by atoms with Crippen LogP contribution >= 0.6 is 0 Å². The summed E-state index contributed by atoms with van der Waals surface area (Å²) in [7, 11) is 0. The molecule has 1 aromatic rings. The summed E-state index contributed by atoms with van der Waals surface area (Å²) in [6.45, 7) is 4.97. The van der Waals surface area contributed by atoms with E-state index in [0.29, 0.717) is 18.8 Å². The molecule has 1 heterocycles. The number of nitrogens with one attached hydrogen (secondary N) is 1. The smallest absolute Gasteiger partial charge is 0.313 e. The first-order chi connectivity index (χ1) is 10.0. The zero-order chi connectivity index (χ0) is 15.4. The Morgan fingerprint density at radius 2 is 2.14 bits per heavy atom. The van der Waals surface area contributed by atoms with E-state index in [9.17, 15) is 14.7 Å². The molecule has 1 aliphatic heterocycles. The van der Waals surface area contributed by atoms with Gasteiger partial charge in [0.25, 0.3) is 0 Å². The molecule has 1 fully saturated rings. The van der Waals surface area contributed by atoms with Crippen LogP contribution in [0.3, 0.4) is 0 Å². The van der Waals surface area contributed by atoms with Crippen molar-refractivity contribution < 1.29 is 14.7 Å². The first kappa shape index (κ1) is 15.5. The minimum atomic E-state index is -0.609. The molecule has 0 aromatic heterocycles. The van der Waals surface area contributed by atoms with Gasteiger partial charge in [-0.25, -0.2) is 0 Å². The van der Waals surface area contributed by atoms with E-state index >= 15 is 0 Å². The van der Waals surface area contributed by atoms with Crippen LogP contribution in [0.5, 0.6) is 0 Å². The Morgan fingerprint density at radius 3 is 2.86 bits per heavy atom. The highest BCUT2D eigenvalue weighted by Crippen LogP contribution is 2.19. The number of aryl methyl sites for hydroxylation is 1. The summed E-state index contributed by atoms with van der Waals surface area (Å²) in [6, 6.07) is 5.61. The van der Waals surface area contributed by atoms with E-state index in [0.717, 1.165) is 24.0 Å². The van der Waals surface area contributed by atoms with Gasteiger partial charge in [-0.15, -0.1) is 0 Å². The molecular formula is C16H22N2O3. The summed E-state index contributed by atoms with van der Waals surface area (Å²) in [5.41, 5.74) is 2.70. The molecular weight excluding hydrogens is 268 g/mol. The zero-order valence-electron chi connectivity index (χ0n) is 12.6. The Bertz CT molecular complexity index is 542. The summed E-state index contributed by atoms with van der Waals surface area (Å²) >= 11 is 0. The number of aliphatic hydroxyl groups excluding tert-OH is 1. The van der Waals surface area contributed by atoms with Crippen molar-refractivity contribution in [3.63, 3.8) is 0 Å². The standard InChI is InChI=1S/C16H22N2O3/c1-11-5-3-7-14(12(11)2)17-15(20)16(21)18-8-4-6-13(9-18)10-19/h3,5,7,13,19H,4,6,8-10H2,1-2H3,(H,17,20). The van der Waals surface area contributed by atoms with E-state index in [2.05, 4.69) is 5.32 Å². The fraction of sp³-hybridized carbons (Fsp3) is 0.500. The van der Waals surface area contributed by atoms with Crippen LogP contribution in [-0.2, 0) is 9.59 Å². The molecule has 5 heteroatoms. The fourth-order valence-corrected chi connectivity index (χ4v) is 2.60. The Labute approximate surface area is 125 Å². The number of aliphatic hydroxyl groups is 1. The zero-order valence-corrected chi connectivity index (χ0v) is 12.6. The molecule has 0 spiro atoms. The molecule has 2 N–H and O–H groups in total. The van der Waals surface area contributed by atoms with E-state index in [-0.39, 0.29) is 12.5 Å². The number of amides is 2. The van der Waals surface area contributed by atoms with Crippen LogP contribution in [0.2, 0.25) is 0 Å². The third-order valence-electron chi connectivity index (χ3n) is 4.11. The van der Waals surface area contributed by atoms with Crippen molar-refractivity contribution in [1.82, 2.24) is 4.90 Å². The van der Waals surface area contributed by atoms with Gasteiger partial charge in [-0.05, 0) is 49.8 Å². The molecule has 1 aliphatic rings.